The number of halogens is 2. The van der Waals surface area contributed by atoms with Gasteiger partial charge >= 0.3 is 11.9 Å². The molecule has 1 saturated heterocycles. The number of rotatable bonds is 36. The Bertz CT molecular complexity index is 1520. The molecule has 8 unspecified atom stereocenters. The van der Waals surface area contributed by atoms with E-state index >= 15 is 0 Å². The van der Waals surface area contributed by atoms with Crippen molar-refractivity contribution in [2.45, 2.75) is 271 Å². The van der Waals surface area contributed by atoms with Gasteiger partial charge in [-0.1, -0.05) is 113 Å². The lowest BCUT2D eigenvalue weighted by Gasteiger charge is -2.44. The van der Waals surface area contributed by atoms with Crippen LogP contribution < -0.4 is 0 Å². The highest BCUT2D eigenvalue weighted by Crippen LogP contribution is 2.47. The van der Waals surface area contributed by atoms with Crippen molar-refractivity contribution in [1.82, 2.24) is 0 Å². The number of hydrogen-bond donors (Lipinski definition) is 7. The van der Waals surface area contributed by atoms with E-state index in [2.05, 4.69) is 81.8 Å². The molecule has 1 saturated carbocycles. The molecule has 11 atom stereocenters. The minimum absolute atomic E-state index is 0. The molecule has 0 aromatic rings. The third-order valence-electron chi connectivity index (χ3n) is 13.0. The average molecular weight is 1330 g/mol. The van der Waals surface area contributed by atoms with Crippen LogP contribution in [0.2, 0.25) is 0 Å². The van der Waals surface area contributed by atoms with Gasteiger partial charge < -0.3 is 59.4 Å². The smallest absolute Gasteiger partial charge is 0.305 e. The molecule has 21 heteroatoms. The van der Waals surface area contributed by atoms with Crippen molar-refractivity contribution in [3.63, 3.8) is 0 Å². The van der Waals surface area contributed by atoms with E-state index in [1.165, 1.54) is 39.2 Å². The second kappa shape index (κ2) is 50.2. The molecule has 2 fully saturated rings. The second-order valence-corrected chi connectivity index (χ2v) is 29.1. The number of aliphatic hydroxyl groups excluding tert-OH is 7. The van der Waals surface area contributed by atoms with Crippen molar-refractivity contribution < 1.29 is 80.0 Å². The first-order valence-corrected chi connectivity index (χ1v) is 33.6. The van der Waals surface area contributed by atoms with Crippen molar-refractivity contribution in [2.24, 2.45) is 20.8 Å². The van der Waals surface area contributed by atoms with E-state index in [1.807, 2.05) is 13.8 Å². The van der Waals surface area contributed by atoms with Crippen LogP contribution in [-0.2, 0) is 42.9 Å². The highest BCUT2D eigenvalue weighted by molar-refractivity contribution is 14.3. The highest BCUT2D eigenvalue weighted by Gasteiger charge is 2.44. The maximum atomic E-state index is 11.7. The number of aliphatic imine (C=N–C) groups is 2. The molecule has 0 radical (unpaired) electrons. The van der Waals surface area contributed by atoms with Crippen LogP contribution in [0.5, 0.6) is 0 Å². The number of isocyanates is 2. The molecule has 446 valence electrons. The first-order chi connectivity index (χ1) is 35.6. The summed E-state index contributed by atoms with van der Waals surface area (Å²) in [6.07, 6.45) is 16.7. The maximum absolute atomic E-state index is 11.7. The number of hydrogen-bond acceptors (Lipinski definition) is 18. The minimum Gasteiger partial charge on any atom is -0.466 e. The Kier molecular flexibility index (Phi) is 51.0. The molecule has 0 aromatic heterocycles. The van der Waals surface area contributed by atoms with Gasteiger partial charge in [-0.05, 0) is 139 Å². The summed E-state index contributed by atoms with van der Waals surface area (Å²) in [5, 5.41) is 67.8. The first kappa shape index (κ1) is 76.3. The van der Waals surface area contributed by atoms with Crippen LogP contribution in [0.25, 0.3) is 0 Å². The third kappa shape index (κ3) is 40.9. The van der Waals surface area contributed by atoms with Crippen molar-refractivity contribution in [1.29, 1.82) is 1.28 Å². The second-order valence-electron chi connectivity index (χ2n) is 20.6. The maximum Gasteiger partial charge on any atom is 0.305 e. The highest BCUT2D eigenvalue weighted by atomic mass is 127. The Balaban J connectivity index is -0.000000511. The molecule has 7 N–H and O–H groups in total. The molecule has 18 nitrogen and oxygen atoms in total. The molecule has 0 bridgehead atoms. The van der Waals surface area contributed by atoms with E-state index in [9.17, 15) is 49.8 Å². The predicted octanol–water partition coefficient (Wildman–Crippen LogP) is 10.1. The van der Waals surface area contributed by atoms with E-state index in [4.69, 9.17) is 30.1 Å². The zero-order chi connectivity index (χ0) is 57.1. The standard InChI is InChI=1S/C25H50O5.C16H30O9.C12H18N2O2.CH4.HI2P.H2/c1-3-5-6-7-10-14-19-24(29-4-2)23(27)18-13-9-8-11-15-20-25(28)30-22-17-12-16-21-26;1-3-5-9(17)10(18)6-4-7-12(19)24-8-11-13(20)14(21)15(22)16(23-2)25-11;1-11(2)4-10(14-9-16)5-12(3,6-11)7-13-8-15;;1-3-2;/h23-24,26-27H,3-22H2,1-2H3;9-11,13-18,20-22H,3-8H2,1-2H3;10H,4-7H2,1-3H3;1H4;3H;1H/t;9?,10?,11?,13-,14+,15?,16+;;;;/m.1..../s1/i;;;;3D;1+1. The van der Waals surface area contributed by atoms with Crippen LogP contribution >= 0.6 is 47.9 Å². The summed E-state index contributed by atoms with van der Waals surface area (Å²) >= 11 is 4.12. The van der Waals surface area contributed by atoms with Gasteiger partial charge in [-0.15, -0.1) is 0 Å². The van der Waals surface area contributed by atoms with E-state index in [0.717, 1.165) is 96.3 Å². The van der Waals surface area contributed by atoms with Gasteiger partial charge in [0.05, 0.1) is 44.9 Å². The topological polar surface area (TPSA) is 281 Å². The normalized spacial score (nSPS) is 23.5. The van der Waals surface area contributed by atoms with E-state index in [1.54, 1.807) is 12.2 Å². The molecule has 2 rings (SSSR count). The number of methoxy groups -OCH3 is 1. The molecular weight excluding hydrogens is 1220 g/mol. The van der Waals surface area contributed by atoms with Gasteiger partial charge in [-0.2, -0.15) is 0 Å². The average Bonchev–Trinajstić information content (AvgIpc) is 3.34. The van der Waals surface area contributed by atoms with E-state index in [-0.39, 0.29) is 70.0 Å². The SMILES string of the molecule is C.CC1(C)CC(N=C=O)CC(C)(CN=C=O)C1.CCCC(O)C(O)CCCC(=O)OCC1O[C@H](OC)C(O)[C@@H](O)[C@@H]1O.CCCCCCCCC(OCC)C(O)CCCCCCCC(=O)OCCCCCO.[2HH].[2H]P(I)I. The molecule has 0 spiro atoms. The molecule has 1 aliphatic carbocycles. The van der Waals surface area contributed by atoms with Crippen LogP contribution in [0.15, 0.2) is 9.98 Å². The van der Waals surface area contributed by atoms with Gasteiger partial charge in [-0.25, -0.2) is 19.6 Å². The van der Waals surface area contributed by atoms with E-state index in [0.29, 0.717) is 39.0 Å². The number of ether oxygens (including phenoxy) is 5. The van der Waals surface area contributed by atoms with Gasteiger partial charge in [0, 0.05) is 38.4 Å². The van der Waals surface area contributed by atoms with Crippen molar-refractivity contribution in [2.75, 3.05) is 40.1 Å². The number of unbranched alkanes of at least 4 members (excludes halogenated alkanes) is 11. The lowest BCUT2D eigenvalue weighted by molar-refractivity contribution is -0.295. The Hall–Kier alpha value is -0.810. The van der Waals surface area contributed by atoms with Crippen LogP contribution in [-0.4, -0.2) is 162 Å². The zero-order valence-electron chi connectivity index (χ0n) is 46.9. The summed E-state index contributed by atoms with van der Waals surface area (Å²) in [5.74, 6) is -0.661. The number of carbonyl (C=O) groups is 2. The van der Waals surface area contributed by atoms with Crippen LogP contribution in [0, 0.1) is 10.8 Å². The number of esters is 2. The largest absolute Gasteiger partial charge is 0.466 e. The van der Waals surface area contributed by atoms with Gasteiger partial charge in [0.15, 0.2) is 6.29 Å². The predicted molar refractivity (Wildman–Crippen MR) is 315 cm³/mol. The fourth-order valence-electron chi connectivity index (χ4n) is 9.43. The zero-order valence-corrected chi connectivity index (χ0v) is 51.1. The molecular formula is C54H105I2N2O16P. The minimum atomic E-state index is -1.47. The van der Waals surface area contributed by atoms with Crippen molar-refractivity contribution >= 4 is 72.0 Å². The summed E-state index contributed by atoms with van der Waals surface area (Å²) in [4.78, 5) is 51.4. The van der Waals surface area contributed by atoms with Crippen molar-refractivity contribution in [3.8, 4) is 0 Å². The number of aliphatic hydroxyl groups is 7. The fourth-order valence-corrected chi connectivity index (χ4v) is 9.43. The van der Waals surface area contributed by atoms with Gasteiger partial charge in [0.1, 0.15) is 31.0 Å². The Labute approximate surface area is 482 Å². The molecule has 0 aromatic carbocycles. The lowest BCUT2D eigenvalue weighted by Crippen LogP contribution is -2.59. The summed E-state index contributed by atoms with van der Waals surface area (Å²) < 4.78 is 32.3. The first-order valence-electron chi connectivity index (χ1n) is 27.6. The third-order valence-corrected chi connectivity index (χ3v) is 13.0. The number of carbonyl (C=O) groups excluding carboxylic acids is 4. The van der Waals surface area contributed by atoms with Crippen LogP contribution in [0.3, 0.4) is 0 Å². The summed E-state index contributed by atoms with van der Waals surface area (Å²) in [6.45, 7) is 14.0. The molecule has 2 aliphatic rings. The van der Waals surface area contributed by atoms with E-state index < -0.39 is 52.7 Å². The Morgan fingerprint density at radius 3 is 1.89 bits per heavy atom. The molecule has 0 amide bonds. The van der Waals surface area contributed by atoms with Crippen LogP contribution in [0.4, 0.5) is 0 Å². The summed E-state index contributed by atoms with van der Waals surface area (Å²) in [5.41, 5.74) is 0.0561. The molecule has 75 heavy (non-hydrogen) atoms. The Morgan fingerprint density at radius 2 is 1.31 bits per heavy atom. The lowest BCUT2D eigenvalue weighted by atomic mass is 9.63. The van der Waals surface area contributed by atoms with Crippen molar-refractivity contribution in [3.05, 3.63) is 0 Å². The molecule has 1 heterocycles. The quantitative estimate of drug-likeness (QED) is 0.00767. The van der Waals surface area contributed by atoms with Gasteiger partial charge in [0.25, 0.3) is 0 Å². The monoisotopic (exact) mass is 1320 g/mol. The Morgan fingerprint density at radius 1 is 0.747 bits per heavy atom. The molecule has 1 aliphatic heterocycles. The summed E-state index contributed by atoms with van der Waals surface area (Å²) in [7, 11) is 1.28. The summed E-state index contributed by atoms with van der Waals surface area (Å²) in [6, 6.07) is 0.00750. The van der Waals surface area contributed by atoms with Crippen LogP contribution in [0.1, 0.15) is 211 Å². The van der Waals surface area contributed by atoms with Gasteiger partial charge in [0.2, 0.25) is 12.2 Å². The fraction of sp³-hybridized carbons (Fsp3) is 0.926. The number of nitrogens with zero attached hydrogens (tertiary/aromatic N) is 2. The van der Waals surface area contributed by atoms with Gasteiger partial charge in [-0.3, -0.25) is 9.59 Å².